The van der Waals surface area contributed by atoms with Crippen molar-refractivity contribution in [1.82, 2.24) is 16.0 Å². The average molecular weight is 558 g/mol. The summed E-state index contributed by atoms with van der Waals surface area (Å²) in [6, 6.07) is 4.78. The van der Waals surface area contributed by atoms with Crippen molar-refractivity contribution < 1.29 is 33.4 Å². The molecule has 3 fully saturated rings. The van der Waals surface area contributed by atoms with Gasteiger partial charge in [0.15, 0.2) is 5.78 Å². The van der Waals surface area contributed by atoms with Crippen molar-refractivity contribution in [2.75, 3.05) is 26.9 Å². The summed E-state index contributed by atoms with van der Waals surface area (Å²) in [5.74, 6) is -0.375. The number of carbonyl (C=O) groups is 4. The topological polar surface area (TPSA) is 135 Å². The zero-order valence-corrected chi connectivity index (χ0v) is 23.8. The largest absolute Gasteiger partial charge is 0.497 e. The molecule has 1 aromatic rings. The van der Waals surface area contributed by atoms with Gasteiger partial charge in [-0.2, -0.15) is 0 Å². The van der Waals surface area contributed by atoms with Gasteiger partial charge in [-0.3, -0.25) is 19.2 Å². The molecule has 0 aromatic heterocycles. The van der Waals surface area contributed by atoms with Crippen molar-refractivity contribution in [2.45, 2.75) is 88.9 Å². The quantitative estimate of drug-likeness (QED) is 0.316. The van der Waals surface area contributed by atoms with E-state index in [2.05, 4.69) is 16.0 Å². The minimum Gasteiger partial charge on any atom is -0.497 e. The minimum atomic E-state index is -0.949. The van der Waals surface area contributed by atoms with Crippen LogP contribution in [0.4, 0.5) is 0 Å². The molecule has 0 spiro atoms. The zero-order chi connectivity index (χ0) is 28.7. The Morgan fingerprint density at radius 1 is 0.950 bits per heavy atom. The van der Waals surface area contributed by atoms with Crippen LogP contribution in [-0.4, -0.2) is 74.2 Å². The second-order valence-electron chi connectivity index (χ2n) is 11.6. The van der Waals surface area contributed by atoms with Crippen molar-refractivity contribution in [2.24, 2.45) is 11.8 Å². The number of hydrogen-bond acceptors (Lipinski definition) is 7. The molecule has 3 amide bonds. The number of carbonyl (C=O) groups excluding carboxylic acids is 4. The molecule has 2 heterocycles. The number of hydrogen-bond donors (Lipinski definition) is 3. The number of ketones is 1. The van der Waals surface area contributed by atoms with Crippen LogP contribution < -0.4 is 20.7 Å². The third kappa shape index (κ3) is 8.04. The Bertz CT molecular complexity index is 1040. The lowest BCUT2D eigenvalue weighted by Crippen LogP contribution is -2.57. The van der Waals surface area contributed by atoms with Crippen LogP contribution in [0, 0.1) is 11.8 Å². The molecular weight excluding hydrogens is 514 g/mol. The van der Waals surface area contributed by atoms with E-state index in [-0.39, 0.29) is 24.0 Å². The molecular formula is C30H43N3O7. The molecule has 40 heavy (non-hydrogen) atoms. The van der Waals surface area contributed by atoms with E-state index in [1.807, 2.05) is 12.1 Å². The van der Waals surface area contributed by atoms with Crippen LogP contribution in [0.15, 0.2) is 24.3 Å². The number of rotatable bonds is 13. The number of nitrogens with one attached hydrogen (secondary N) is 3. The molecule has 4 rings (SSSR count). The van der Waals surface area contributed by atoms with Crippen molar-refractivity contribution in [3.8, 4) is 5.75 Å². The van der Waals surface area contributed by atoms with E-state index in [4.69, 9.17) is 14.2 Å². The smallest absolute Gasteiger partial charge is 0.243 e. The van der Waals surface area contributed by atoms with Crippen LogP contribution in [0.1, 0.15) is 64.4 Å². The van der Waals surface area contributed by atoms with E-state index in [1.54, 1.807) is 33.1 Å². The predicted molar refractivity (Wildman–Crippen MR) is 148 cm³/mol. The predicted octanol–water partition coefficient (Wildman–Crippen LogP) is 2.08. The summed E-state index contributed by atoms with van der Waals surface area (Å²) in [5, 5.41) is 8.57. The fourth-order valence-electron chi connectivity index (χ4n) is 5.56. The van der Waals surface area contributed by atoms with Gasteiger partial charge in [0.1, 0.15) is 23.4 Å². The fourth-order valence-corrected chi connectivity index (χ4v) is 5.56. The summed E-state index contributed by atoms with van der Waals surface area (Å²) in [6.45, 7) is 4.75. The van der Waals surface area contributed by atoms with E-state index in [9.17, 15) is 19.2 Å². The molecule has 0 bridgehead atoms. The number of amides is 3. The monoisotopic (exact) mass is 557 g/mol. The van der Waals surface area contributed by atoms with Crippen LogP contribution in [0.2, 0.25) is 0 Å². The first-order valence-corrected chi connectivity index (χ1v) is 14.5. The summed E-state index contributed by atoms with van der Waals surface area (Å²) in [4.78, 5) is 52.9. The average Bonchev–Trinajstić information content (AvgIpc) is 3.50. The standard InChI is InChI=1S/C30H43N3O7/c1-19(31-28(36)22-12-14-39-15-13-22)27(35)33-25(17-21-8-10-23(38-3)11-9-21)29(37)32-24(16-20-6-4-5-7-20)26(34)30(2)18-40-30/h8-11,19-20,22,24-25H,4-7,12-18H2,1-3H3,(H,31,36)(H,32,37)(H,33,35)/t19-,24+,25+,30-/m1/s1. The molecule has 2 saturated heterocycles. The van der Waals surface area contributed by atoms with Gasteiger partial charge in [0.2, 0.25) is 17.7 Å². The van der Waals surface area contributed by atoms with Crippen molar-refractivity contribution in [3.05, 3.63) is 29.8 Å². The molecule has 3 N–H and O–H groups in total. The highest BCUT2D eigenvalue weighted by atomic mass is 16.6. The van der Waals surface area contributed by atoms with E-state index in [1.165, 1.54) is 0 Å². The molecule has 4 atom stereocenters. The second kappa shape index (κ2) is 13.6. The zero-order valence-electron chi connectivity index (χ0n) is 23.8. The Balaban J connectivity index is 1.46. The van der Waals surface area contributed by atoms with Gasteiger partial charge in [0, 0.05) is 25.6 Å². The summed E-state index contributed by atoms with van der Waals surface area (Å²) < 4.78 is 16.0. The van der Waals surface area contributed by atoms with Crippen LogP contribution in [-0.2, 0) is 35.1 Å². The molecule has 10 heteroatoms. The van der Waals surface area contributed by atoms with Crippen LogP contribution in [0.25, 0.3) is 0 Å². The van der Waals surface area contributed by atoms with Gasteiger partial charge in [-0.05, 0) is 56.7 Å². The lowest BCUT2D eigenvalue weighted by Gasteiger charge is -2.27. The summed E-state index contributed by atoms with van der Waals surface area (Å²) >= 11 is 0. The molecule has 0 unspecified atom stereocenters. The number of ether oxygens (including phenoxy) is 3. The second-order valence-corrected chi connectivity index (χ2v) is 11.6. The summed E-state index contributed by atoms with van der Waals surface area (Å²) in [7, 11) is 1.58. The number of Topliss-reactive ketones (excluding diaryl/α,β-unsaturated/α-hetero) is 1. The summed E-state index contributed by atoms with van der Waals surface area (Å²) in [5.41, 5.74) is -0.0508. The molecule has 1 aliphatic carbocycles. The maximum Gasteiger partial charge on any atom is 0.243 e. The highest BCUT2D eigenvalue weighted by Crippen LogP contribution is 2.33. The molecule has 10 nitrogen and oxygen atoms in total. The van der Waals surface area contributed by atoms with Gasteiger partial charge in [0.05, 0.1) is 19.8 Å². The lowest BCUT2D eigenvalue weighted by molar-refractivity contribution is -0.135. The maximum absolute atomic E-state index is 13.7. The Labute approximate surface area is 236 Å². The van der Waals surface area contributed by atoms with Gasteiger partial charge in [0.25, 0.3) is 0 Å². The highest BCUT2D eigenvalue weighted by molar-refractivity contribution is 5.98. The van der Waals surface area contributed by atoms with E-state index < -0.39 is 35.5 Å². The first kappa shape index (κ1) is 30.0. The molecule has 1 saturated carbocycles. The van der Waals surface area contributed by atoms with Gasteiger partial charge in [-0.15, -0.1) is 0 Å². The minimum absolute atomic E-state index is 0.126. The first-order valence-electron chi connectivity index (χ1n) is 14.5. The maximum atomic E-state index is 13.7. The summed E-state index contributed by atoms with van der Waals surface area (Å²) in [6.07, 6.45) is 6.32. The Kier molecular flexibility index (Phi) is 10.2. The molecule has 220 valence electrons. The SMILES string of the molecule is COc1ccc(C[C@H](NC(=O)[C@@H](C)NC(=O)C2CCOCC2)C(=O)N[C@@H](CC2CCCC2)C(=O)[C@@]2(C)CO2)cc1. The third-order valence-corrected chi connectivity index (χ3v) is 8.35. The van der Waals surface area contributed by atoms with Crippen molar-refractivity contribution >= 4 is 23.5 Å². The van der Waals surface area contributed by atoms with Crippen molar-refractivity contribution in [1.29, 1.82) is 0 Å². The van der Waals surface area contributed by atoms with Crippen LogP contribution >= 0.6 is 0 Å². The highest BCUT2D eigenvalue weighted by Gasteiger charge is 2.50. The third-order valence-electron chi connectivity index (χ3n) is 8.35. The number of benzene rings is 1. The van der Waals surface area contributed by atoms with Crippen LogP contribution in [0.3, 0.4) is 0 Å². The fraction of sp³-hybridized carbons (Fsp3) is 0.667. The Hall–Kier alpha value is -2.98. The van der Waals surface area contributed by atoms with E-state index in [0.717, 1.165) is 31.2 Å². The van der Waals surface area contributed by atoms with Crippen molar-refractivity contribution in [3.63, 3.8) is 0 Å². The molecule has 2 aliphatic heterocycles. The van der Waals surface area contributed by atoms with Gasteiger partial charge in [-0.1, -0.05) is 37.8 Å². The normalized spacial score (nSPS) is 23.5. The first-order chi connectivity index (χ1) is 19.2. The van der Waals surface area contributed by atoms with Gasteiger partial charge >= 0.3 is 0 Å². The number of epoxide rings is 1. The Morgan fingerprint density at radius 3 is 2.17 bits per heavy atom. The number of methoxy groups -OCH3 is 1. The van der Waals surface area contributed by atoms with Gasteiger partial charge in [-0.25, -0.2) is 0 Å². The van der Waals surface area contributed by atoms with E-state index in [0.29, 0.717) is 50.8 Å². The molecule has 0 radical (unpaired) electrons. The molecule has 1 aromatic carbocycles. The Morgan fingerprint density at radius 2 is 1.57 bits per heavy atom. The lowest BCUT2D eigenvalue weighted by atomic mass is 9.90. The van der Waals surface area contributed by atoms with Crippen LogP contribution in [0.5, 0.6) is 5.75 Å². The van der Waals surface area contributed by atoms with E-state index >= 15 is 0 Å². The molecule has 3 aliphatic rings. The van der Waals surface area contributed by atoms with Gasteiger partial charge < -0.3 is 30.2 Å².